The molecule has 0 aliphatic heterocycles. The van der Waals surface area contributed by atoms with Gasteiger partial charge >= 0.3 is 126 Å². The molecule has 0 saturated carbocycles. The normalized spacial score (nSPS) is 6.00. The van der Waals surface area contributed by atoms with Crippen molar-refractivity contribution in [3.63, 3.8) is 0 Å². The Kier molecular flexibility index (Phi) is 78.2. The zero-order valence-corrected chi connectivity index (χ0v) is 4.48. The molecule has 0 amide bonds. The predicted molar refractivity (Wildman–Crippen MR) is 61.0 cm³/mol. The molecule has 0 aliphatic rings. The Labute approximate surface area is 165 Å². The van der Waals surface area contributed by atoms with Gasteiger partial charge in [-0.3, -0.25) is 0 Å². The van der Waals surface area contributed by atoms with Crippen LogP contribution in [0.25, 0.3) is 0 Å². The third kappa shape index (κ3) is 31.5. The van der Waals surface area contributed by atoms with Crippen LogP contribution in [0.2, 0.25) is 0 Å². The van der Waals surface area contributed by atoms with Crippen molar-refractivity contribution in [2.45, 2.75) is 0 Å². The molecule has 0 fully saturated rings. The van der Waals surface area contributed by atoms with Crippen LogP contribution in [0, 0.1) is 0 Å². The first-order valence-corrected chi connectivity index (χ1v) is 2.52. The summed E-state index contributed by atoms with van der Waals surface area (Å²) in [5.74, 6) is 0. The third-order valence-electron chi connectivity index (χ3n) is 0.642. The fourth-order valence-corrected chi connectivity index (χ4v) is 0.329. The summed E-state index contributed by atoms with van der Waals surface area (Å²) >= 11 is 0. The fraction of sp³-hybridized carbons (Fsp3) is 1.00. The van der Waals surface area contributed by atoms with Crippen molar-refractivity contribution in [3.8, 4) is 0 Å². The summed E-state index contributed by atoms with van der Waals surface area (Å²) in [6, 6.07) is 0. The number of nitrogens with one attached hydrogen (secondary N) is 1. The van der Waals surface area contributed by atoms with Gasteiger partial charge in [0.2, 0.25) is 0 Å². The molecule has 0 aliphatic carbocycles. The van der Waals surface area contributed by atoms with E-state index in [-0.39, 0.29) is 126 Å². The number of nitrogens with two attached hydrogens (primary N) is 2. The fourth-order valence-electron chi connectivity index (χ4n) is 0.329. The molecule has 0 bridgehead atoms. The van der Waals surface area contributed by atoms with E-state index in [1.165, 1.54) is 0 Å². The van der Waals surface area contributed by atoms with Gasteiger partial charge in [0, 0.05) is 26.2 Å². The topological polar surface area (TPSA) is 64.1 Å². The standard InChI is InChI=1S/C4H13N3.Ca.3Na.5H/c5-1-3-7-4-2-6;;;;;;;;;/h7H,1-6H2;;;;;;;;;. The second-order valence-electron chi connectivity index (χ2n) is 1.33. The van der Waals surface area contributed by atoms with E-state index in [9.17, 15) is 0 Å². The average Bonchev–Trinajstić information content (AvgIpc) is 1.69. The number of rotatable bonds is 4. The molecule has 5 N–H and O–H groups in total. The van der Waals surface area contributed by atoms with Crippen LogP contribution in [-0.4, -0.2) is 153 Å². The molecule has 0 spiro atoms. The van der Waals surface area contributed by atoms with Gasteiger partial charge < -0.3 is 16.8 Å². The molecule has 0 atom stereocenters. The van der Waals surface area contributed by atoms with E-state index in [2.05, 4.69) is 5.32 Å². The number of hydrogen-bond donors (Lipinski definition) is 3. The Hall–Kier alpha value is 4.14. The number of hydrogen-bond acceptors (Lipinski definition) is 3. The van der Waals surface area contributed by atoms with Gasteiger partial charge in [-0.25, -0.2) is 0 Å². The first-order valence-electron chi connectivity index (χ1n) is 2.52. The van der Waals surface area contributed by atoms with Gasteiger partial charge in [-0.05, 0) is 0 Å². The van der Waals surface area contributed by atoms with Crippen LogP contribution in [0.5, 0.6) is 0 Å². The van der Waals surface area contributed by atoms with Crippen molar-refractivity contribution in [1.29, 1.82) is 0 Å². The molecule has 0 rings (SSSR count). The van der Waals surface area contributed by atoms with Crippen molar-refractivity contribution >= 4 is 126 Å². The summed E-state index contributed by atoms with van der Waals surface area (Å²) in [5.41, 5.74) is 10.3. The van der Waals surface area contributed by atoms with E-state index in [0.717, 1.165) is 13.1 Å². The van der Waals surface area contributed by atoms with Crippen LogP contribution in [0.15, 0.2) is 0 Å². The van der Waals surface area contributed by atoms with Crippen molar-refractivity contribution in [2.75, 3.05) is 26.2 Å². The maximum atomic E-state index is 5.17. The van der Waals surface area contributed by atoms with Crippen LogP contribution < -0.4 is 16.8 Å². The Morgan fingerprint density at radius 2 is 1.09 bits per heavy atom. The Balaban J connectivity index is -0.0000000300. The first-order chi connectivity index (χ1) is 3.41. The molecular formula is C4H18CaN3Na3. The van der Waals surface area contributed by atoms with E-state index in [4.69, 9.17) is 11.5 Å². The summed E-state index contributed by atoms with van der Waals surface area (Å²) in [7, 11) is 0. The van der Waals surface area contributed by atoms with E-state index in [1.807, 2.05) is 0 Å². The Morgan fingerprint density at radius 3 is 1.27 bits per heavy atom. The molecule has 0 radical (unpaired) electrons. The van der Waals surface area contributed by atoms with Crippen LogP contribution in [-0.2, 0) is 0 Å². The quantitative estimate of drug-likeness (QED) is 0.329. The van der Waals surface area contributed by atoms with Crippen molar-refractivity contribution in [1.82, 2.24) is 5.32 Å². The van der Waals surface area contributed by atoms with Gasteiger partial charge in [0.25, 0.3) is 0 Å². The summed E-state index contributed by atoms with van der Waals surface area (Å²) < 4.78 is 0. The van der Waals surface area contributed by atoms with Crippen molar-refractivity contribution in [3.05, 3.63) is 0 Å². The summed E-state index contributed by atoms with van der Waals surface area (Å²) in [6.07, 6.45) is 0. The summed E-state index contributed by atoms with van der Waals surface area (Å²) in [5, 5.41) is 3.03. The molecule has 0 aromatic carbocycles. The minimum absolute atomic E-state index is 0. The van der Waals surface area contributed by atoms with Crippen LogP contribution in [0.1, 0.15) is 0 Å². The van der Waals surface area contributed by atoms with Gasteiger partial charge in [-0.2, -0.15) is 0 Å². The van der Waals surface area contributed by atoms with E-state index in [1.54, 1.807) is 0 Å². The van der Waals surface area contributed by atoms with E-state index in [0.29, 0.717) is 13.1 Å². The van der Waals surface area contributed by atoms with Gasteiger partial charge in [0.05, 0.1) is 0 Å². The minimum atomic E-state index is 0. The monoisotopic (exact) mass is 217 g/mol. The molecule has 0 heterocycles. The molecule has 0 aromatic rings. The third-order valence-corrected chi connectivity index (χ3v) is 0.642. The zero-order valence-electron chi connectivity index (χ0n) is 4.48. The van der Waals surface area contributed by atoms with E-state index >= 15 is 0 Å². The summed E-state index contributed by atoms with van der Waals surface area (Å²) in [6.45, 7) is 3.13. The van der Waals surface area contributed by atoms with Crippen LogP contribution >= 0.6 is 0 Å². The van der Waals surface area contributed by atoms with Crippen LogP contribution in [0.3, 0.4) is 0 Å². The van der Waals surface area contributed by atoms with Gasteiger partial charge in [0.1, 0.15) is 0 Å². The Bertz CT molecular complexity index is 39.8. The summed E-state index contributed by atoms with van der Waals surface area (Å²) in [4.78, 5) is 0. The van der Waals surface area contributed by atoms with Crippen molar-refractivity contribution in [2.24, 2.45) is 11.5 Å². The van der Waals surface area contributed by atoms with Gasteiger partial charge in [-0.1, -0.05) is 0 Å². The Morgan fingerprint density at radius 1 is 0.818 bits per heavy atom. The zero-order chi connectivity index (χ0) is 5.54. The molecule has 3 nitrogen and oxygen atoms in total. The molecule has 0 aromatic heterocycles. The average molecular weight is 217 g/mol. The van der Waals surface area contributed by atoms with Crippen LogP contribution in [0.4, 0.5) is 0 Å². The second-order valence-corrected chi connectivity index (χ2v) is 1.33. The molecular weight excluding hydrogens is 199 g/mol. The molecule has 0 unspecified atom stereocenters. The maximum absolute atomic E-state index is 5.17. The van der Waals surface area contributed by atoms with Gasteiger partial charge in [0.15, 0.2) is 0 Å². The van der Waals surface area contributed by atoms with E-state index < -0.39 is 0 Å². The van der Waals surface area contributed by atoms with Crippen molar-refractivity contribution < 1.29 is 0 Å². The molecule has 54 valence electrons. The first kappa shape index (κ1) is 29.4. The predicted octanol–water partition coefficient (Wildman–Crippen LogP) is -4.37. The molecule has 0 saturated heterocycles. The SMILES string of the molecule is NCCNCCN.[CaH2].[NaH].[NaH].[NaH]. The molecule has 7 heteroatoms. The molecule has 11 heavy (non-hydrogen) atoms. The second kappa shape index (κ2) is 29.2. The van der Waals surface area contributed by atoms with Gasteiger partial charge in [-0.15, -0.1) is 0 Å².